The minimum Gasteiger partial charge on any atom is -0.445 e. The van der Waals surface area contributed by atoms with Crippen molar-refractivity contribution in [3.05, 3.63) is 126 Å². The second kappa shape index (κ2) is 19.3. The highest BCUT2D eigenvalue weighted by Crippen LogP contribution is 2.12. The number of primary amides is 1. The zero-order chi connectivity index (χ0) is 36.6. The molecule has 0 aliphatic rings. The van der Waals surface area contributed by atoms with Crippen molar-refractivity contribution in [2.45, 2.75) is 70.9 Å². The van der Waals surface area contributed by atoms with E-state index in [2.05, 4.69) is 20.9 Å². The van der Waals surface area contributed by atoms with E-state index in [-0.39, 0.29) is 38.4 Å². The van der Waals surface area contributed by atoms with Crippen molar-refractivity contribution in [1.29, 1.82) is 0 Å². The first-order valence-electron chi connectivity index (χ1n) is 16.7. The molecule has 0 spiro atoms. The molecule has 0 saturated carbocycles. The van der Waals surface area contributed by atoms with Crippen LogP contribution in [0, 0.1) is 5.92 Å². The Bertz CT molecular complexity index is 1730. The zero-order valence-corrected chi connectivity index (χ0v) is 28.7. The predicted molar refractivity (Wildman–Crippen MR) is 189 cm³/mol. The van der Waals surface area contributed by atoms with Gasteiger partial charge in [0.05, 0.1) is 5.69 Å². The standard InChI is InChI=1S/C38H44N6O7/c1-26(2)18-32(35(46)41-30(21-34(39)45)19-27-12-6-3-7-13-27)42-36(47)33(43-37(48)50-23-28-14-8-4-9-15-28)20-31-22-44(25-40-31)38(49)51-24-29-16-10-5-11-17-29/h3-17,22,25-26,30,32-33H,18-21,23-24H2,1-2H3,(H2,39,45)(H,41,46)(H,42,47)(H,43,48)/t30-,32+,33+/m1/s1. The Kier molecular flexibility index (Phi) is 14.3. The molecule has 0 aliphatic heterocycles. The maximum Gasteiger partial charge on any atom is 0.419 e. The van der Waals surface area contributed by atoms with Crippen molar-refractivity contribution >= 4 is 29.9 Å². The van der Waals surface area contributed by atoms with Crippen LogP contribution >= 0.6 is 0 Å². The van der Waals surface area contributed by atoms with Gasteiger partial charge in [0.2, 0.25) is 17.7 Å². The Morgan fingerprint density at radius 3 is 1.82 bits per heavy atom. The lowest BCUT2D eigenvalue weighted by Gasteiger charge is -2.26. The number of alkyl carbamates (subject to hydrolysis) is 1. The fourth-order valence-corrected chi connectivity index (χ4v) is 5.28. The number of nitrogens with two attached hydrogens (primary N) is 1. The Labute approximate surface area is 296 Å². The van der Waals surface area contributed by atoms with Gasteiger partial charge in [-0.25, -0.2) is 19.1 Å². The third kappa shape index (κ3) is 13.1. The van der Waals surface area contributed by atoms with Gasteiger partial charge in [-0.3, -0.25) is 14.4 Å². The second-order valence-electron chi connectivity index (χ2n) is 12.5. The molecule has 0 fully saturated rings. The summed E-state index contributed by atoms with van der Waals surface area (Å²) < 4.78 is 11.9. The van der Waals surface area contributed by atoms with Crippen LogP contribution in [0.4, 0.5) is 9.59 Å². The number of hydrogen-bond donors (Lipinski definition) is 4. The number of nitrogens with one attached hydrogen (secondary N) is 3. The number of rotatable bonds is 17. The molecule has 4 aromatic rings. The van der Waals surface area contributed by atoms with Crippen molar-refractivity contribution in [2.75, 3.05) is 0 Å². The van der Waals surface area contributed by atoms with E-state index in [0.29, 0.717) is 12.1 Å². The van der Waals surface area contributed by atoms with Crippen LogP contribution in [0.3, 0.4) is 0 Å². The van der Waals surface area contributed by atoms with Gasteiger partial charge in [-0.1, -0.05) is 105 Å². The maximum absolute atomic E-state index is 13.8. The van der Waals surface area contributed by atoms with Gasteiger partial charge in [0.15, 0.2) is 0 Å². The van der Waals surface area contributed by atoms with E-state index in [1.807, 2.05) is 92.7 Å². The maximum atomic E-state index is 13.8. The van der Waals surface area contributed by atoms with E-state index in [0.717, 1.165) is 21.3 Å². The number of imidazole rings is 1. The van der Waals surface area contributed by atoms with Crippen LogP contribution < -0.4 is 21.7 Å². The second-order valence-corrected chi connectivity index (χ2v) is 12.5. The largest absolute Gasteiger partial charge is 0.445 e. The van der Waals surface area contributed by atoms with E-state index in [9.17, 15) is 24.0 Å². The molecule has 13 heteroatoms. The quantitative estimate of drug-likeness (QED) is 0.128. The lowest BCUT2D eigenvalue weighted by Crippen LogP contribution is -2.56. The van der Waals surface area contributed by atoms with Crippen LogP contribution in [0.25, 0.3) is 0 Å². The summed E-state index contributed by atoms with van der Waals surface area (Å²) in [5, 5.41) is 8.24. The van der Waals surface area contributed by atoms with Crippen molar-refractivity contribution < 1.29 is 33.4 Å². The highest BCUT2D eigenvalue weighted by atomic mass is 16.6. The molecule has 3 aromatic carbocycles. The third-order valence-corrected chi connectivity index (χ3v) is 7.75. The summed E-state index contributed by atoms with van der Waals surface area (Å²) in [5.41, 5.74) is 8.24. The van der Waals surface area contributed by atoms with Gasteiger partial charge in [-0.05, 0) is 35.4 Å². The van der Waals surface area contributed by atoms with Gasteiger partial charge in [0, 0.05) is 25.1 Å². The molecular weight excluding hydrogens is 652 g/mol. The molecule has 1 aromatic heterocycles. The average Bonchev–Trinajstić information content (AvgIpc) is 3.58. The third-order valence-electron chi connectivity index (χ3n) is 7.75. The molecule has 3 atom stereocenters. The fraction of sp³-hybridized carbons (Fsp3) is 0.316. The van der Waals surface area contributed by atoms with Gasteiger partial charge < -0.3 is 31.2 Å². The molecule has 51 heavy (non-hydrogen) atoms. The van der Waals surface area contributed by atoms with Crippen molar-refractivity contribution in [3.8, 4) is 0 Å². The van der Waals surface area contributed by atoms with Crippen LogP contribution in [0.15, 0.2) is 104 Å². The van der Waals surface area contributed by atoms with Gasteiger partial charge in [-0.2, -0.15) is 0 Å². The fourth-order valence-electron chi connectivity index (χ4n) is 5.28. The van der Waals surface area contributed by atoms with Gasteiger partial charge in [-0.15, -0.1) is 0 Å². The number of carbonyl (C=O) groups is 5. The van der Waals surface area contributed by atoms with Crippen LogP contribution in [0.1, 0.15) is 49.1 Å². The zero-order valence-electron chi connectivity index (χ0n) is 28.7. The van der Waals surface area contributed by atoms with E-state index < -0.39 is 48.0 Å². The van der Waals surface area contributed by atoms with E-state index in [1.54, 1.807) is 12.1 Å². The number of amides is 4. The topological polar surface area (TPSA) is 184 Å². The predicted octanol–water partition coefficient (Wildman–Crippen LogP) is 4.04. The van der Waals surface area contributed by atoms with Crippen LogP contribution in [0.5, 0.6) is 0 Å². The van der Waals surface area contributed by atoms with Crippen molar-refractivity contribution in [3.63, 3.8) is 0 Å². The van der Waals surface area contributed by atoms with E-state index >= 15 is 0 Å². The van der Waals surface area contributed by atoms with Gasteiger partial charge in [0.25, 0.3) is 0 Å². The Morgan fingerprint density at radius 1 is 0.706 bits per heavy atom. The molecule has 0 unspecified atom stereocenters. The Hall–Kier alpha value is -5.98. The summed E-state index contributed by atoms with van der Waals surface area (Å²) in [4.78, 5) is 69.3. The smallest absolute Gasteiger partial charge is 0.419 e. The first-order valence-corrected chi connectivity index (χ1v) is 16.7. The molecule has 0 bridgehead atoms. The summed E-state index contributed by atoms with van der Waals surface area (Å²) >= 11 is 0. The summed E-state index contributed by atoms with van der Waals surface area (Å²) in [6.45, 7) is 3.82. The number of nitrogens with zero attached hydrogens (tertiary/aromatic N) is 2. The summed E-state index contributed by atoms with van der Waals surface area (Å²) in [7, 11) is 0. The minimum atomic E-state index is -1.25. The summed E-state index contributed by atoms with van der Waals surface area (Å²) in [5.74, 6) is -1.77. The number of benzene rings is 3. The minimum absolute atomic E-state index is 0.00962. The molecular formula is C38H44N6O7. The number of hydrogen-bond acceptors (Lipinski definition) is 8. The first-order chi connectivity index (χ1) is 24.5. The Balaban J connectivity index is 1.48. The van der Waals surface area contributed by atoms with Crippen molar-refractivity contribution in [1.82, 2.24) is 25.5 Å². The molecule has 268 valence electrons. The molecule has 13 nitrogen and oxygen atoms in total. The van der Waals surface area contributed by atoms with Crippen LogP contribution in [0.2, 0.25) is 0 Å². The highest BCUT2D eigenvalue weighted by molar-refractivity contribution is 5.91. The molecule has 5 N–H and O–H groups in total. The Morgan fingerprint density at radius 2 is 1.25 bits per heavy atom. The van der Waals surface area contributed by atoms with Crippen LogP contribution in [-0.4, -0.2) is 57.6 Å². The lowest BCUT2D eigenvalue weighted by atomic mass is 9.99. The highest BCUT2D eigenvalue weighted by Gasteiger charge is 2.30. The lowest BCUT2D eigenvalue weighted by molar-refractivity contribution is -0.131. The average molecular weight is 697 g/mol. The molecule has 0 saturated heterocycles. The van der Waals surface area contributed by atoms with E-state index in [4.69, 9.17) is 15.2 Å². The van der Waals surface area contributed by atoms with Gasteiger partial charge >= 0.3 is 12.2 Å². The van der Waals surface area contributed by atoms with Crippen LogP contribution in [-0.2, 0) is 49.9 Å². The molecule has 1 heterocycles. The number of carbonyl (C=O) groups excluding carboxylic acids is 5. The normalized spacial score (nSPS) is 12.6. The number of ether oxygens (including phenoxy) is 2. The first kappa shape index (κ1) is 37.8. The number of aromatic nitrogens is 2. The van der Waals surface area contributed by atoms with E-state index in [1.165, 1.54) is 12.5 Å². The monoisotopic (exact) mass is 696 g/mol. The SMILES string of the molecule is CC(C)C[C@H](NC(=O)[C@H](Cc1cn(C(=O)OCc2ccccc2)cn1)NC(=O)OCc1ccccc1)C(=O)N[C@@H](CC(N)=O)Cc1ccccc1. The molecule has 0 aliphatic carbocycles. The molecule has 0 radical (unpaired) electrons. The van der Waals surface area contributed by atoms with Crippen molar-refractivity contribution in [2.24, 2.45) is 11.7 Å². The summed E-state index contributed by atoms with van der Waals surface area (Å²) in [6.07, 6.45) is 1.49. The summed E-state index contributed by atoms with van der Waals surface area (Å²) in [6, 6.07) is 24.7. The molecule has 4 rings (SSSR count). The van der Waals surface area contributed by atoms with Gasteiger partial charge in [0.1, 0.15) is 31.6 Å². The molecule has 4 amide bonds.